The highest BCUT2D eigenvalue weighted by Crippen LogP contribution is 2.38. The Kier molecular flexibility index (Phi) is 7.75. The molecule has 0 radical (unpaired) electrons. The van der Waals surface area contributed by atoms with Gasteiger partial charge in [-0.05, 0) is 106 Å². The number of nitrogens with zero attached hydrogens (tertiary/aromatic N) is 1. The van der Waals surface area contributed by atoms with Crippen molar-refractivity contribution in [3.8, 4) is 44.7 Å². The molecule has 0 N–H and O–H groups in total. The lowest BCUT2D eigenvalue weighted by atomic mass is 9.97. The molecule has 0 unspecified atom stereocenters. The van der Waals surface area contributed by atoms with Crippen LogP contribution in [0.5, 0.6) is 0 Å². The normalized spacial score (nSPS) is 11.2. The molecule has 0 aliphatic heterocycles. The van der Waals surface area contributed by atoms with Gasteiger partial charge in [0.25, 0.3) is 0 Å². The second kappa shape index (κ2) is 13.0. The highest BCUT2D eigenvalue weighted by atomic mass is 16.3. The Morgan fingerprint density at radius 1 is 0.353 bits per heavy atom. The standard InChI is InChI=1S/C49H35NO/c1-34-47-16-7-8-17-48(47)51-49(34)43-13-9-12-41(33-43)38-20-18-36(19-21-38)37-24-28-45(29-25-37)50(44-14-3-2-4-15-44)46-30-26-39(27-31-46)42-23-22-35-10-5-6-11-40(35)32-42/h2-33H,1H3. The predicted octanol–water partition coefficient (Wildman–Crippen LogP) is 14.0. The molecule has 0 atom stereocenters. The Labute approximate surface area is 298 Å². The van der Waals surface area contributed by atoms with Gasteiger partial charge in [-0.2, -0.15) is 0 Å². The van der Waals surface area contributed by atoms with Crippen molar-refractivity contribution in [1.29, 1.82) is 0 Å². The van der Waals surface area contributed by atoms with Crippen LogP contribution in [0.3, 0.4) is 0 Å². The zero-order chi connectivity index (χ0) is 34.1. The summed E-state index contributed by atoms with van der Waals surface area (Å²) < 4.78 is 6.27. The van der Waals surface area contributed by atoms with Gasteiger partial charge in [0.15, 0.2) is 0 Å². The number of furan rings is 1. The first-order chi connectivity index (χ1) is 25.2. The van der Waals surface area contributed by atoms with Crippen molar-refractivity contribution >= 4 is 38.8 Å². The number of para-hydroxylation sites is 2. The van der Waals surface area contributed by atoms with Crippen molar-refractivity contribution in [3.63, 3.8) is 0 Å². The lowest BCUT2D eigenvalue weighted by Gasteiger charge is -2.26. The molecule has 0 spiro atoms. The van der Waals surface area contributed by atoms with E-state index in [9.17, 15) is 0 Å². The minimum atomic E-state index is 0.924. The molecule has 1 heterocycles. The van der Waals surface area contributed by atoms with Gasteiger partial charge in [0.1, 0.15) is 11.3 Å². The fourth-order valence-electron chi connectivity index (χ4n) is 7.14. The summed E-state index contributed by atoms with van der Waals surface area (Å²) in [6, 6.07) is 69.2. The fraction of sp³-hybridized carbons (Fsp3) is 0.0204. The molecule has 0 aliphatic carbocycles. The van der Waals surface area contributed by atoms with Gasteiger partial charge in [0, 0.05) is 33.6 Å². The quantitative estimate of drug-likeness (QED) is 0.170. The van der Waals surface area contributed by atoms with Crippen LogP contribution in [0, 0.1) is 6.92 Å². The molecule has 9 aromatic rings. The van der Waals surface area contributed by atoms with Gasteiger partial charge in [-0.15, -0.1) is 0 Å². The number of hydrogen-bond donors (Lipinski definition) is 0. The third-order valence-electron chi connectivity index (χ3n) is 9.87. The van der Waals surface area contributed by atoms with Gasteiger partial charge in [0.05, 0.1) is 0 Å². The van der Waals surface area contributed by atoms with Gasteiger partial charge in [-0.3, -0.25) is 0 Å². The number of fused-ring (bicyclic) bond motifs is 2. The van der Waals surface area contributed by atoms with E-state index in [1.165, 1.54) is 49.7 Å². The summed E-state index contributed by atoms with van der Waals surface area (Å²) in [6.07, 6.45) is 0. The minimum absolute atomic E-state index is 0.924. The first-order valence-electron chi connectivity index (χ1n) is 17.4. The van der Waals surface area contributed by atoms with Crippen LogP contribution in [0.2, 0.25) is 0 Å². The van der Waals surface area contributed by atoms with E-state index >= 15 is 0 Å². The van der Waals surface area contributed by atoms with E-state index in [2.05, 4.69) is 194 Å². The summed E-state index contributed by atoms with van der Waals surface area (Å²) in [5.41, 5.74) is 13.6. The summed E-state index contributed by atoms with van der Waals surface area (Å²) in [6.45, 7) is 2.13. The Balaban J connectivity index is 0.980. The third-order valence-corrected chi connectivity index (χ3v) is 9.87. The maximum Gasteiger partial charge on any atom is 0.138 e. The molecule has 0 saturated heterocycles. The van der Waals surface area contributed by atoms with E-state index in [0.717, 1.165) is 39.4 Å². The van der Waals surface area contributed by atoms with E-state index in [-0.39, 0.29) is 0 Å². The van der Waals surface area contributed by atoms with E-state index < -0.39 is 0 Å². The smallest absolute Gasteiger partial charge is 0.138 e. The largest absolute Gasteiger partial charge is 0.456 e. The van der Waals surface area contributed by atoms with Gasteiger partial charge < -0.3 is 9.32 Å². The molecular formula is C49H35NO. The van der Waals surface area contributed by atoms with Crippen LogP contribution < -0.4 is 4.90 Å². The molecule has 0 saturated carbocycles. The van der Waals surface area contributed by atoms with E-state index in [1.807, 2.05) is 12.1 Å². The summed E-state index contributed by atoms with van der Waals surface area (Å²) in [4.78, 5) is 2.31. The molecule has 9 rings (SSSR count). The molecule has 2 nitrogen and oxygen atoms in total. The lowest BCUT2D eigenvalue weighted by molar-refractivity contribution is 0.629. The average molecular weight is 654 g/mol. The Morgan fingerprint density at radius 3 is 1.51 bits per heavy atom. The lowest BCUT2D eigenvalue weighted by Crippen LogP contribution is -2.09. The maximum absolute atomic E-state index is 6.27. The van der Waals surface area contributed by atoms with Crippen molar-refractivity contribution in [3.05, 3.63) is 200 Å². The predicted molar refractivity (Wildman–Crippen MR) is 215 cm³/mol. The maximum atomic E-state index is 6.27. The molecule has 0 fully saturated rings. The third kappa shape index (κ3) is 5.88. The van der Waals surface area contributed by atoms with Crippen molar-refractivity contribution in [1.82, 2.24) is 0 Å². The van der Waals surface area contributed by atoms with Crippen LogP contribution in [0.25, 0.3) is 66.4 Å². The van der Waals surface area contributed by atoms with Gasteiger partial charge in [-0.25, -0.2) is 0 Å². The van der Waals surface area contributed by atoms with E-state index in [1.54, 1.807) is 0 Å². The van der Waals surface area contributed by atoms with Crippen LogP contribution in [-0.2, 0) is 0 Å². The van der Waals surface area contributed by atoms with Crippen LogP contribution in [0.15, 0.2) is 199 Å². The van der Waals surface area contributed by atoms with Crippen molar-refractivity contribution in [2.45, 2.75) is 6.92 Å². The number of hydrogen-bond acceptors (Lipinski definition) is 2. The molecule has 0 bridgehead atoms. The summed E-state index contributed by atoms with van der Waals surface area (Å²) >= 11 is 0. The highest BCUT2D eigenvalue weighted by molar-refractivity contribution is 5.89. The number of rotatable bonds is 7. The topological polar surface area (TPSA) is 16.4 Å². The first kappa shape index (κ1) is 30.4. The molecule has 0 aliphatic rings. The summed E-state index contributed by atoms with van der Waals surface area (Å²) in [5.74, 6) is 0.931. The SMILES string of the molecule is Cc1c(-c2cccc(-c3ccc(-c4ccc(N(c5ccccc5)c5ccc(-c6ccc7ccccc7c6)cc5)cc4)cc3)c2)oc2ccccc12. The molecule has 242 valence electrons. The van der Waals surface area contributed by atoms with Crippen molar-refractivity contribution in [2.75, 3.05) is 4.90 Å². The van der Waals surface area contributed by atoms with Crippen molar-refractivity contribution < 1.29 is 4.42 Å². The second-order valence-electron chi connectivity index (χ2n) is 13.0. The van der Waals surface area contributed by atoms with E-state index in [4.69, 9.17) is 4.42 Å². The Morgan fingerprint density at radius 2 is 0.843 bits per heavy atom. The van der Waals surface area contributed by atoms with Crippen LogP contribution in [0.4, 0.5) is 17.1 Å². The van der Waals surface area contributed by atoms with Crippen LogP contribution >= 0.6 is 0 Å². The number of aryl methyl sites for hydroxylation is 1. The highest BCUT2D eigenvalue weighted by Gasteiger charge is 2.15. The Bertz CT molecular complexity index is 2620. The number of benzene rings is 8. The van der Waals surface area contributed by atoms with Crippen molar-refractivity contribution in [2.24, 2.45) is 0 Å². The fourth-order valence-corrected chi connectivity index (χ4v) is 7.14. The van der Waals surface area contributed by atoms with Crippen LogP contribution in [0.1, 0.15) is 5.56 Å². The average Bonchev–Trinajstić information content (AvgIpc) is 3.55. The molecular weight excluding hydrogens is 619 g/mol. The zero-order valence-corrected chi connectivity index (χ0v) is 28.3. The minimum Gasteiger partial charge on any atom is -0.456 e. The first-order valence-corrected chi connectivity index (χ1v) is 17.4. The zero-order valence-electron chi connectivity index (χ0n) is 28.3. The van der Waals surface area contributed by atoms with Gasteiger partial charge in [0.2, 0.25) is 0 Å². The molecule has 1 aromatic heterocycles. The monoisotopic (exact) mass is 653 g/mol. The van der Waals surface area contributed by atoms with Gasteiger partial charge in [-0.1, -0.05) is 140 Å². The molecule has 51 heavy (non-hydrogen) atoms. The molecule has 8 aromatic carbocycles. The second-order valence-corrected chi connectivity index (χ2v) is 13.0. The molecule has 0 amide bonds. The Hall–Kier alpha value is -6.64. The number of anilines is 3. The molecule has 2 heteroatoms. The van der Waals surface area contributed by atoms with E-state index in [0.29, 0.717) is 0 Å². The van der Waals surface area contributed by atoms with Crippen LogP contribution in [-0.4, -0.2) is 0 Å². The summed E-state index contributed by atoms with van der Waals surface area (Å²) in [7, 11) is 0. The summed E-state index contributed by atoms with van der Waals surface area (Å²) in [5, 5.41) is 3.67. The van der Waals surface area contributed by atoms with Gasteiger partial charge >= 0.3 is 0 Å².